The third-order valence-electron chi connectivity index (χ3n) is 5.19. The number of hydrogen-bond donors (Lipinski definition) is 0. The number of hydrogen-bond acceptors (Lipinski definition) is 5. The Morgan fingerprint density at radius 2 is 1.70 bits per heavy atom. The number of nitrogens with zero attached hydrogens (tertiary/aromatic N) is 1. The summed E-state index contributed by atoms with van der Waals surface area (Å²) < 4.78 is 31.0. The second-order valence-electron chi connectivity index (χ2n) is 6.88. The number of amides is 2. The largest absolute Gasteiger partial charge is 0.456 e. The van der Waals surface area contributed by atoms with Crippen LogP contribution in [0, 0.1) is 23.5 Å². The molecule has 1 saturated carbocycles. The van der Waals surface area contributed by atoms with Crippen molar-refractivity contribution in [1.82, 2.24) is 4.90 Å². The van der Waals surface area contributed by atoms with E-state index in [2.05, 4.69) is 0 Å². The van der Waals surface area contributed by atoms with Crippen molar-refractivity contribution in [3.8, 4) is 0 Å². The summed E-state index contributed by atoms with van der Waals surface area (Å²) in [7, 11) is 0. The molecule has 1 aliphatic heterocycles. The lowest BCUT2D eigenvalue weighted by Crippen LogP contribution is -2.44. The number of carbonyl (C=O) groups excluding carboxylic acids is 4. The van der Waals surface area contributed by atoms with Crippen molar-refractivity contribution in [2.45, 2.75) is 38.6 Å². The standard InChI is InChI=1S/C19H19F2NO5/c1-10(22-17(24)12-4-2-3-5-13(12)18(22)25)19(26)27-9-16(23)11-6-7-14(20)15(21)8-11/h6-8,10,12-13H,2-5,9H2,1H3. The molecule has 2 fully saturated rings. The highest BCUT2D eigenvalue weighted by molar-refractivity contribution is 6.08. The van der Waals surface area contributed by atoms with Gasteiger partial charge in [0.05, 0.1) is 11.8 Å². The molecule has 1 aromatic carbocycles. The van der Waals surface area contributed by atoms with Crippen LogP contribution in [0.3, 0.4) is 0 Å². The lowest BCUT2D eigenvalue weighted by Gasteiger charge is -2.21. The first-order valence-corrected chi connectivity index (χ1v) is 8.83. The van der Waals surface area contributed by atoms with Gasteiger partial charge in [0.1, 0.15) is 6.04 Å². The van der Waals surface area contributed by atoms with Gasteiger partial charge in [0.25, 0.3) is 0 Å². The molecule has 2 aliphatic rings. The predicted molar refractivity (Wildman–Crippen MR) is 88.4 cm³/mol. The van der Waals surface area contributed by atoms with Crippen LogP contribution in [0.15, 0.2) is 18.2 Å². The minimum atomic E-state index is -1.18. The van der Waals surface area contributed by atoms with Crippen LogP contribution in [-0.4, -0.2) is 41.1 Å². The normalized spacial score (nSPS) is 23.1. The summed E-state index contributed by atoms with van der Waals surface area (Å²) in [5.74, 6) is -5.41. The number of ketones is 1. The van der Waals surface area contributed by atoms with Crippen molar-refractivity contribution in [2.24, 2.45) is 11.8 Å². The van der Waals surface area contributed by atoms with E-state index in [4.69, 9.17) is 4.74 Å². The summed E-state index contributed by atoms with van der Waals surface area (Å²) in [6.07, 6.45) is 3.00. The molecule has 0 bridgehead atoms. The fourth-order valence-electron chi connectivity index (χ4n) is 3.69. The van der Waals surface area contributed by atoms with Crippen LogP contribution in [-0.2, 0) is 19.1 Å². The number of rotatable bonds is 5. The number of imide groups is 1. The summed E-state index contributed by atoms with van der Waals surface area (Å²) in [6, 6.07) is 1.45. The topological polar surface area (TPSA) is 80.8 Å². The van der Waals surface area contributed by atoms with E-state index < -0.39 is 36.0 Å². The van der Waals surface area contributed by atoms with Crippen molar-refractivity contribution < 1.29 is 32.7 Å². The first-order chi connectivity index (χ1) is 12.8. The number of ether oxygens (including phenoxy) is 1. The molecule has 3 atom stereocenters. The first-order valence-electron chi connectivity index (χ1n) is 8.83. The highest BCUT2D eigenvalue weighted by Gasteiger charge is 2.51. The van der Waals surface area contributed by atoms with Gasteiger partial charge in [0.2, 0.25) is 11.8 Å². The van der Waals surface area contributed by atoms with Gasteiger partial charge in [-0.05, 0) is 38.0 Å². The highest BCUT2D eigenvalue weighted by Crippen LogP contribution is 2.38. The van der Waals surface area contributed by atoms with E-state index in [1.807, 2.05) is 0 Å². The molecule has 0 spiro atoms. The molecule has 3 unspecified atom stereocenters. The van der Waals surface area contributed by atoms with Crippen LogP contribution in [0.1, 0.15) is 43.0 Å². The number of fused-ring (bicyclic) bond motifs is 1. The van der Waals surface area contributed by atoms with Gasteiger partial charge in [0, 0.05) is 5.56 Å². The van der Waals surface area contributed by atoms with Crippen LogP contribution in [0.25, 0.3) is 0 Å². The smallest absolute Gasteiger partial charge is 0.329 e. The van der Waals surface area contributed by atoms with Gasteiger partial charge in [0.15, 0.2) is 24.0 Å². The molecule has 1 heterocycles. The highest BCUT2D eigenvalue weighted by atomic mass is 19.2. The molecule has 8 heteroatoms. The number of halogens is 2. The van der Waals surface area contributed by atoms with E-state index in [9.17, 15) is 28.0 Å². The van der Waals surface area contributed by atoms with E-state index in [-0.39, 0.29) is 29.2 Å². The molecule has 1 aliphatic carbocycles. The van der Waals surface area contributed by atoms with E-state index in [0.29, 0.717) is 18.9 Å². The summed E-state index contributed by atoms with van der Waals surface area (Å²) in [6.45, 7) is 0.675. The molecule has 2 amide bonds. The Labute approximate surface area is 154 Å². The Hall–Kier alpha value is -2.64. The molecule has 6 nitrogen and oxygen atoms in total. The van der Waals surface area contributed by atoms with E-state index in [0.717, 1.165) is 29.9 Å². The van der Waals surface area contributed by atoms with Crippen LogP contribution in [0.5, 0.6) is 0 Å². The quantitative estimate of drug-likeness (QED) is 0.445. The van der Waals surface area contributed by atoms with Crippen LogP contribution in [0.4, 0.5) is 8.78 Å². The summed E-state index contributed by atoms with van der Waals surface area (Å²) >= 11 is 0. The maximum absolute atomic E-state index is 13.2. The fourth-order valence-corrected chi connectivity index (χ4v) is 3.69. The first kappa shape index (κ1) is 19.1. The van der Waals surface area contributed by atoms with Gasteiger partial charge in [-0.3, -0.25) is 19.3 Å². The van der Waals surface area contributed by atoms with Crippen LogP contribution >= 0.6 is 0 Å². The number of Topliss-reactive ketones (excluding diaryl/α,β-unsaturated/α-hetero) is 1. The number of carbonyl (C=O) groups is 4. The minimum Gasteiger partial charge on any atom is -0.456 e. The zero-order valence-corrected chi connectivity index (χ0v) is 14.7. The maximum Gasteiger partial charge on any atom is 0.329 e. The SMILES string of the molecule is CC(C(=O)OCC(=O)c1ccc(F)c(F)c1)N1C(=O)C2CCCCC2C1=O. The van der Waals surface area contributed by atoms with Crippen molar-refractivity contribution >= 4 is 23.6 Å². The fraction of sp³-hybridized carbons (Fsp3) is 0.474. The lowest BCUT2D eigenvalue weighted by molar-refractivity contribution is -0.157. The van der Waals surface area contributed by atoms with E-state index in [1.54, 1.807) is 0 Å². The monoisotopic (exact) mass is 379 g/mol. The molecule has 0 aromatic heterocycles. The molecular formula is C19H19F2NO5. The van der Waals surface area contributed by atoms with Crippen molar-refractivity contribution in [2.75, 3.05) is 6.61 Å². The Bertz CT molecular complexity index is 785. The molecule has 1 saturated heterocycles. The third kappa shape index (κ3) is 3.61. The molecular weight excluding hydrogens is 360 g/mol. The maximum atomic E-state index is 13.2. The second kappa shape index (κ2) is 7.54. The molecule has 0 N–H and O–H groups in total. The van der Waals surface area contributed by atoms with Gasteiger partial charge in [-0.15, -0.1) is 0 Å². The Morgan fingerprint density at radius 3 is 2.26 bits per heavy atom. The van der Waals surface area contributed by atoms with E-state index >= 15 is 0 Å². The average Bonchev–Trinajstić information content (AvgIpc) is 2.92. The summed E-state index contributed by atoms with van der Waals surface area (Å²) in [5, 5.41) is 0. The van der Waals surface area contributed by atoms with Crippen molar-refractivity contribution in [3.63, 3.8) is 0 Å². The Balaban J connectivity index is 1.62. The van der Waals surface area contributed by atoms with Gasteiger partial charge in [-0.1, -0.05) is 12.8 Å². The van der Waals surface area contributed by atoms with Gasteiger partial charge in [-0.25, -0.2) is 13.6 Å². The number of likely N-dealkylation sites (tertiary alicyclic amines) is 1. The minimum absolute atomic E-state index is 0.145. The lowest BCUT2D eigenvalue weighted by atomic mass is 9.81. The van der Waals surface area contributed by atoms with Crippen LogP contribution < -0.4 is 0 Å². The molecule has 144 valence electrons. The zero-order chi connectivity index (χ0) is 19.7. The summed E-state index contributed by atoms with van der Waals surface area (Å²) in [4.78, 5) is 50.1. The number of esters is 1. The molecule has 0 radical (unpaired) electrons. The van der Waals surface area contributed by atoms with Crippen LogP contribution in [0.2, 0.25) is 0 Å². The van der Waals surface area contributed by atoms with Gasteiger partial charge >= 0.3 is 5.97 Å². The molecule has 27 heavy (non-hydrogen) atoms. The Morgan fingerprint density at radius 1 is 1.11 bits per heavy atom. The predicted octanol–water partition coefficient (Wildman–Crippen LogP) is 2.25. The molecule has 3 rings (SSSR count). The van der Waals surface area contributed by atoms with Gasteiger partial charge in [-0.2, -0.15) is 0 Å². The second-order valence-corrected chi connectivity index (χ2v) is 6.88. The molecule has 1 aromatic rings. The number of benzene rings is 1. The Kier molecular flexibility index (Phi) is 5.34. The average molecular weight is 379 g/mol. The van der Waals surface area contributed by atoms with Crippen molar-refractivity contribution in [1.29, 1.82) is 0 Å². The van der Waals surface area contributed by atoms with Gasteiger partial charge < -0.3 is 4.74 Å². The summed E-state index contributed by atoms with van der Waals surface area (Å²) in [5.41, 5.74) is -0.145. The van der Waals surface area contributed by atoms with E-state index in [1.165, 1.54) is 6.92 Å². The third-order valence-corrected chi connectivity index (χ3v) is 5.19. The van der Waals surface area contributed by atoms with Crippen molar-refractivity contribution in [3.05, 3.63) is 35.4 Å². The zero-order valence-electron chi connectivity index (χ0n) is 14.7.